The summed E-state index contributed by atoms with van der Waals surface area (Å²) in [6, 6.07) is 14.2. The summed E-state index contributed by atoms with van der Waals surface area (Å²) in [6.07, 6.45) is 3.04. The van der Waals surface area contributed by atoms with Crippen LogP contribution in [0.4, 0.5) is 0 Å². The molecule has 0 spiro atoms. The minimum atomic E-state index is -0.165. The number of nitriles is 1. The first-order chi connectivity index (χ1) is 13.6. The highest BCUT2D eigenvalue weighted by atomic mass is 35.5. The first-order valence-corrected chi connectivity index (χ1v) is 9.74. The number of halogens is 2. The van der Waals surface area contributed by atoms with Gasteiger partial charge in [0.2, 0.25) is 5.43 Å². The van der Waals surface area contributed by atoms with E-state index in [1.54, 1.807) is 53.9 Å². The van der Waals surface area contributed by atoms with Crippen LogP contribution in [0.25, 0.3) is 33.9 Å². The Labute approximate surface area is 173 Å². The molecule has 0 aliphatic carbocycles. The van der Waals surface area contributed by atoms with Gasteiger partial charge in [0, 0.05) is 15.4 Å². The van der Waals surface area contributed by atoms with Crippen LogP contribution in [0.1, 0.15) is 10.6 Å². The molecule has 0 aliphatic heterocycles. The normalized spacial score (nSPS) is 11.5. The third-order valence-electron chi connectivity index (χ3n) is 4.07. The van der Waals surface area contributed by atoms with Crippen molar-refractivity contribution in [2.45, 2.75) is 0 Å². The molecule has 4 aromatic rings. The average molecular weight is 425 g/mol. The minimum absolute atomic E-state index is 0.165. The van der Waals surface area contributed by atoms with Crippen molar-refractivity contribution in [3.8, 4) is 17.3 Å². The van der Waals surface area contributed by atoms with Crippen LogP contribution in [0, 0.1) is 11.3 Å². The Bertz CT molecular complexity index is 1330. The number of allylic oxidation sites excluding steroid dienone is 1. The Balaban J connectivity index is 1.76. The number of thiazole rings is 1. The molecule has 4 nitrogen and oxygen atoms in total. The molecule has 0 N–H and O–H groups in total. The van der Waals surface area contributed by atoms with Crippen LogP contribution in [0.3, 0.4) is 0 Å². The number of hydrogen-bond donors (Lipinski definition) is 0. The molecule has 0 radical (unpaired) electrons. The molecule has 0 saturated carbocycles. The Hall–Kier alpha value is -2.91. The van der Waals surface area contributed by atoms with Crippen molar-refractivity contribution in [2.24, 2.45) is 0 Å². The predicted molar refractivity (Wildman–Crippen MR) is 114 cm³/mol. The Kier molecular flexibility index (Phi) is 5.01. The summed E-state index contributed by atoms with van der Waals surface area (Å²) in [6.45, 7) is 0. The van der Waals surface area contributed by atoms with Gasteiger partial charge in [-0.3, -0.25) is 4.79 Å². The van der Waals surface area contributed by atoms with Crippen LogP contribution in [0.5, 0.6) is 0 Å². The third kappa shape index (κ3) is 3.46. The molecule has 0 unspecified atom stereocenters. The van der Waals surface area contributed by atoms with Gasteiger partial charge in [0.05, 0.1) is 22.2 Å². The van der Waals surface area contributed by atoms with Crippen molar-refractivity contribution < 1.29 is 4.42 Å². The molecule has 0 aliphatic rings. The van der Waals surface area contributed by atoms with Crippen LogP contribution in [0.2, 0.25) is 10.0 Å². The largest absolute Gasteiger partial charge is 0.463 e. The lowest BCUT2D eigenvalue weighted by molar-refractivity contribution is 0.604. The van der Waals surface area contributed by atoms with E-state index in [9.17, 15) is 10.1 Å². The van der Waals surface area contributed by atoms with E-state index in [0.717, 1.165) is 0 Å². The maximum absolute atomic E-state index is 12.7. The zero-order valence-corrected chi connectivity index (χ0v) is 16.5. The highest BCUT2D eigenvalue weighted by Gasteiger charge is 2.14. The number of rotatable bonds is 3. The highest BCUT2D eigenvalue weighted by Crippen LogP contribution is 2.29. The number of aromatic nitrogens is 1. The van der Waals surface area contributed by atoms with Gasteiger partial charge in [-0.15, -0.1) is 11.3 Å². The fraction of sp³-hybridized carbons (Fsp3) is 0. The fourth-order valence-corrected chi connectivity index (χ4v) is 3.94. The van der Waals surface area contributed by atoms with E-state index in [4.69, 9.17) is 27.6 Å². The predicted octanol–water partition coefficient (Wildman–Crippen LogP) is 6.29. The molecule has 2 heterocycles. The van der Waals surface area contributed by atoms with E-state index in [2.05, 4.69) is 11.1 Å². The summed E-state index contributed by atoms with van der Waals surface area (Å²) in [5.74, 6) is 0. The van der Waals surface area contributed by atoms with Crippen LogP contribution in [-0.4, -0.2) is 4.98 Å². The fourth-order valence-electron chi connectivity index (χ4n) is 2.69. The molecule has 0 saturated heterocycles. The first kappa shape index (κ1) is 18.5. The highest BCUT2D eigenvalue weighted by molar-refractivity contribution is 7.11. The van der Waals surface area contributed by atoms with Crippen molar-refractivity contribution in [1.82, 2.24) is 4.98 Å². The third-order valence-corrected chi connectivity index (χ3v) is 5.51. The second-order valence-corrected chi connectivity index (χ2v) is 7.55. The average Bonchev–Trinajstić information content (AvgIpc) is 3.17. The standard InChI is InChI=1S/C21H10Cl2N2O2S/c22-14-6-5-12(17(23)8-14)7-13(9-24)21-25-18(11-28-21)16-10-27-19-4-2-1-3-15(19)20(16)26/h1-8,10-11H/b13-7-. The van der Waals surface area contributed by atoms with Gasteiger partial charge >= 0.3 is 0 Å². The lowest BCUT2D eigenvalue weighted by atomic mass is 10.1. The SMILES string of the molecule is N#C/C(=C/c1ccc(Cl)cc1Cl)c1nc(-c2coc3ccccc3c2=O)cs1. The molecule has 0 amide bonds. The van der Waals surface area contributed by atoms with Gasteiger partial charge in [-0.05, 0) is 35.9 Å². The monoisotopic (exact) mass is 424 g/mol. The zero-order chi connectivity index (χ0) is 19.7. The van der Waals surface area contributed by atoms with Crippen molar-refractivity contribution in [3.63, 3.8) is 0 Å². The second kappa shape index (κ2) is 7.61. The number of nitrogens with zero attached hydrogens (tertiary/aromatic N) is 2. The Morgan fingerprint density at radius 2 is 2.04 bits per heavy atom. The van der Waals surface area contributed by atoms with Crippen LogP contribution in [-0.2, 0) is 0 Å². The van der Waals surface area contributed by atoms with E-state index in [1.165, 1.54) is 17.6 Å². The van der Waals surface area contributed by atoms with Crippen molar-refractivity contribution >= 4 is 57.2 Å². The second-order valence-electron chi connectivity index (χ2n) is 5.85. The van der Waals surface area contributed by atoms with Crippen LogP contribution < -0.4 is 5.43 Å². The van der Waals surface area contributed by atoms with Crippen molar-refractivity contribution in [2.75, 3.05) is 0 Å². The van der Waals surface area contributed by atoms with Gasteiger partial charge in [-0.25, -0.2) is 4.98 Å². The molecule has 2 aromatic heterocycles. The van der Waals surface area contributed by atoms with Gasteiger partial charge in [-0.2, -0.15) is 5.26 Å². The van der Waals surface area contributed by atoms with Crippen molar-refractivity contribution in [1.29, 1.82) is 5.26 Å². The lowest BCUT2D eigenvalue weighted by Crippen LogP contribution is -2.04. The van der Waals surface area contributed by atoms with E-state index in [1.807, 2.05) is 0 Å². The number of para-hydroxylation sites is 1. The molecule has 7 heteroatoms. The van der Waals surface area contributed by atoms with Crippen LogP contribution in [0.15, 0.2) is 63.3 Å². The molecule has 0 atom stereocenters. The maximum Gasteiger partial charge on any atom is 0.202 e. The summed E-state index contributed by atoms with van der Waals surface area (Å²) >= 11 is 13.4. The summed E-state index contributed by atoms with van der Waals surface area (Å²) in [5, 5.41) is 13.2. The summed E-state index contributed by atoms with van der Waals surface area (Å²) in [4.78, 5) is 17.2. The molecule has 4 rings (SSSR count). The molecular formula is C21H10Cl2N2O2S. The number of benzene rings is 2. The lowest BCUT2D eigenvalue weighted by Gasteiger charge is -2.00. The smallest absolute Gasteiger partial charge is 0.202 e. The minimum Gasteiger partial charge on any atom is -0.463 e. The first-order valence-electron chi connectivity index (χ1n) is 8.10. The van der Waals surface area contributed by atoms with Gasteiger partial charge in [0.25, 0.3) is 0 Å². The van der Waals surface area contributed by atoms with Gasteiger partial charge in [-0.1, -0.05) is 41.4 Å². The molecule has 28 heavy (non-hydrogen) atoms. The summed E-state index contributed by atoms with van der Waals surface area (Å²) in [5.41, 5.74) is 2.16. The van der Waals surface area contributed by atoms with E-state index in [0.29, 0.717) is 48.4 Å². The summed E-state index contributed by atoms with van der Waals surface area (Å²) in [7, 11) is 0. The summed E-state index contributed by atoms with van der Waals surface area (Å²) < 4.78 is 5.55. The molecule has 2 aromatic carbocycles. The Morgan fingerprint density at radius 1 is 1.21 bits per heavy atom. The quantitative estimate of drug-likeness (QED) is 0.362. The van der Waals surface area contributed by atoms with Gasteiger partial charge in [0.1, 0.15) is 22.9 Å². The van der Waals surface area contributed by atoms with E-state index in [-0.39, 0.29) is 5.43 Å². The Morgan fingerprint density at radius 3 is 2.82 bits per heavy atom. The molecule has 136 valence electrons. The topological polar surface area (TPSA) is 66.9 Å². The molecular weight excluding hydrogens is 415 g/mol. The zero-order valence-electron chi connectivity index (χ0n) is 14.1. The van der Waals surface area contributed by atoms with Gasteiger partial charge in [0.15, 0.2) is 0 Å². The molecule has 0 bridgehead atoms. The number of fused-ring (bicyclic) bond motifs is 1. The van der Waals surface area contributed by atoms with Gasteiger partial charge < -0.3 is 4.42 Å². The van der Waals surface area contributed by atoms with Crippen LogP contribution >= 0.6 is 34.5 Å². The molecule has 0 fully saturated rings. The van der Waals surface area contributed by atoms with E-state index >= 15 is 0 Å². The maximum atomic E-state index is 12.7. The number of hydrogen-bond acceptors (Lipinski definition) is 5. The van der Waals surface area contributed by atoms with E-state index < -0.39 is 0 Å². The van der Waals surface area contributed by atoms with Crippen molar-refractivity contribution in [3.05, 3.63) is 84.9 Å².